The van der Waals surface area contributed by atoms with Gasteiger partial charge in [0.25, 0.3) is 0 Å². The average molecular weight is 395 g/mol. The number of aromatic nitrogens is 3. The zero-order valence-corrected chi connectivity index (χ0v) is 16.8. The topological polar surface area (TPSA) is 57.2 Å². The van der Waals surface area contributed by atoms with Gasteiger partial charge < -0.3 is 15.1 Å². The summed E-state index contributed by atoms with van der Waals surface area (Å²) in [6.07, 6.45) is 1.72. The Hall–Kier alpha value is -2.86. The van der Waals surface area contributed by atoms with Crippen LogP contribution in [0, 0.1) is 13.8 Å². The molecule has 0 aliphatic carbocycles. The van der Waals surface area contributed by atoms with E-state index in [2.05, 4.69) is 62.3 Å². The summed E-state index contributed by atoms with van der Waals surface area (Å²) in [6, 6.07) is 13.9. The molecular formula is C21H23ClN6. The second-order valence-electron chi connectivity index (χ2n) is 6.96. The van der Waals surface area contributed by atoms with Crippen LogP contribution in [-0.4, -0.2) is 41.4 Å². The number of anilines is 4. The number of nitrogens with one attached hydrogen (secondary N) is 1. The number of piperazine rings is 1. The molecule has 1 aromatic heterocycles. The summed E-state index contributed by atoms with van der Waals surface area (Å²) in [7, 11) is 0. The fourth-order valence-electron chi connectivity index (χ4n) is 3.42. The Labute approximate surface area is 170 Å². The van der Waals surface area contributed by atoms with Crippen LogP contribution in [0.15, 0.2) is 48.7 Å². The number of nitrogens with zero attached hydrogens (tertiary/aromatic N) is 5. The lowest BCUT2D eigenvalue weighted by Gasteiger charge is -2.37. The van der Waals surface area contributed by atoms with Crippen LogP contribution in [0.3, 0.4) is 0 Å². The van der Waals surface area contributed by atoms with Crippen molar-refractivity contribution in [2.24, 2.45) is 0 Å². The van der Waals surface area contributed by atoms with Gasteiger partial charge in [-0.2, -0.15) is 10.1 Å². The van der Waals surface area contributed by atoms with Crippen molar-refractivity contribution in [3.8, 4) is 0 Å². The lowest BCUT2D eigenvalue weighted by molar-refractivity contribution is 0.643. The van der Waals surface area contributed by atoms with E-state index < -0.39 is 0 Å². The Morgan fingerprint density at radius 1 is 0.929 bits per heavy atom. The first-order valence-electron chi connectivity index (χ1n) is 9.38. The van der Waals surface area contributed by atoms with Crippen LogP contribution in [0.5, 0.6) is 0 Å². The van der Waals surface area contributed by atoms with Crippen LogP contribution in [0.4, 0.5) is 23.1 Å². The molecule has 1 fully saturated rings. The molecule has 0 amide bonds. The van der Waals surface area contributed by atoms with E-state index >= 15 is 0 Å². The molecule has 1 saturated heterocycles. The van der Waals surface area contributed by atoms with Crippen molar-refractivity contribution >= 4 is 34.7 Å². The van der Waals surface area contributed by atoms with Gasteiger partial charge in [-0.15, -0.1) is 5.10 Å². The summed E-state index contributed by atoms with van der Waals surface area (Å²) >= 11 is 5.93. The highest BCUT2D eigenvalue weighted by molar-refractivity contribution is 6.30. The van der Waals surface area contributed by atoms with E-state index in [1.54, 1.807) is 6.20 Å². The SMILES string of the molecule is Cc1cccc(N2CCN(c3cnnc(Nc4ccc(Cl)cc4)n3)CC2)c1C. The molecule has 0 bridgehead atoms. The van der Waals surface area contributed by atoms with E-state index in [4.69, 9.17) is 11.6 Å². The second kappa shape index (κ2) is 8.02. The van der Waals surface area contributed by atoms with Gasteiger partial charge in [-0.3, -0.25) is 0 Å². The quantitative estimate of drug-likeness (QED) is 0.715. The van der Waals surface area contributed by atoms with Crippen LogP contribution in [0.2, 0.25) is 5.02 Å². The highest BCUT2D eigenvalue weighted by atomic mass is 35.5. The van der Waals surface area contributed by atoms with Gasteiger partial charge in [-0.1, -0.05) is 23.7 Å². The molecule has 2 aromatic carbocycles. The molecule has 3 aromatic rings. The van der Waals surface area contributed by atoms with Crippen LogP contribution in [0.25, 0.3) is 0 Å². The van der Waals surface area contributed by atoms with Crippen molar-refractivity contribution in [2.75, 3.05) is 41.3 Å². The predicted molar refractivity (Wildman–Crippen MR) is 115 cm³/mol. The number of benzene rings is 2. The second-order valence-corrected chi connectivity index (χ2v) is 7.40. The first-order valence-corrected chi connectivity index (χ1v) is 9.76. The third-order valence-corrected chi connectivity index (χ3v) is 5.42. The van der Waals surface area contributed by atoms with Crippen molar-refractivity contribution < 1.29 is 0 Å². The van der Waals surface area contributed by atoms with Gasteiger partial charge in [-0.05, 0) is 55.3 Å². The maximum atomic E-state index is 5.93. The molecule has 0 spiro atoms. The van der Waals surface area contributed by atoms with Gasteiger partial charge in [0.15, 0.2) is 5.82 Å². The zero-order chi connectivity index (χ0) is 19.5. The van der Waals surface area contributed by atoms with E-state index in [9.17, 15) is 0 Å². The molecule has 0 radical (unpaired) electrons. The number of hydrogen-bond acceptors (Lipinski definition) is 6. The maximum Gasteiger partial charge on any atom is 0.249 e. The van der Waals surface area contributed by atoms with Gasteiger partial charge in [-0.25, -0.2) is 0 Å². The molecule has 6 nitrogen and oxygen atoms in total. The summed E-state index contributed by atoms with van der Waals surface area (Å²) in [5, 5.41) is 12.1. The van der Waals surface area contributed by atoms with Gasteiger partial charge in [0.1, 0.15) is 0 Å². The van der Waals surface area contributed by atoms with Crippen LogP contribution in [-0.2, 0) is 0 Å². The summed E-state index contributed by atoms with van der Waals surface area (Å²) in [5.41, 5.74) is 4.89. The first-order chi connectivity index (χ1) is 13.6. The van der Waals surface area contributed by atoms with E-state index in [-0.39, 0.29) is 0 Å². The van der Waals surface area contributed by atoms with Crippen LogP contribution in [0.1, 0.15) is 11.1 Å². The van der Waals surface area contributed by atoms with Gasteiger partial charge in [0.2, 0.25) is 5.95 Å². The Bertz CT molecular complexity index is 951. The molecule has 144 valence electrons. The number of halogens is 1. The number of hydrogen-bond donors (Lipinski definition) is 1. The Morgan fingerprint density at radius 3 is 2.39 bits per heavy atom. The Morgan fingerprint density at radius 2 is 1.64 bits per heavy atom. The fraction of sp³-hybridized carbons (Fsp3) is 0.286. The summed E-state index contributed by atoms with van der Waals surface area (Å²) < 4.78 is 0. The minimum absolute atomic E-state index is 0.483. The van der Waals surface area contributed by atoms with Crippen molar-refractivity contribution in [3.05, 3.63) is 64.8 Å². The summed E-state index contributed by atoms with van der Waals surface area (Å²) in [6.45, 7) is 8.05. The normalized spacial score (nSPS) is 14.2. The molecule has 1 aliphatic rings. The number of rotatable bonds is 4. The zero-order valence-electron chi connectivity index (χ0n) is 16.1. The number of aryl methyl sites for hydroxylation is 1. The lowest BCUT2D eigenvalue weighted by atomic mass is 10.1. The molecule has 0 unspecified atom stereocenters. The smallest absolute Gasteiger partial charge is 0.249 e. The van der Waals surface area contributed by atoms with Crippen LogP contribution < -0.4 is 15.1 Å². The molecule has 4 rings (SSSR count). The third kappa shape index (κ3) is 4.02. The van der Waals surface area contributed by atoms with Gasteiger partial charge in [0.05, 0.1) is 6.20 Å². The molecule has 0 saturated carbocycles. The minimum atomic E-state index is 0.483. The summed E-state index contributed by atoms with van der Waals surface area (Å²) in [5.74, 6) is 1.32. The Kier molecular flexibility index (Phi) is 5.30. The summed E-state index contributed by atoms with van der Waals surface area (Å²) in [4.78, 5) is 9.33. The standard InChI is InChI=1S/C21H23ClN6/c1-15-4-3-5-19(16(15)2)27-10-12-28(13-11-27)20-14-23-26-21(25-20)24-18-8-6-17(22)7-9-18/h3-9,14H,10-13H2,1-2H3,(H,24,25,26). The fourth-order valence-corrected chi connectivity index (χ4v) is 3.54. The average Bonchev–Trinajstić information content (AvgIpc) is 2.72. The predicted octanol–water partition coefficient (Wildman–Crippen LogP) is 4.21. The van der Waals surface area contributed by atoms with Crippen LogP contribution >= 0.6 is 11.6 Å². The Balaban J connectivity index is 1.43. The van der Waals surface area contributed by atoms with Crippen molar-refractivity contribution in [1.29, 1.82) is 0 Å². The van der Waals surface area contributed by atoms with E-state index in [0.717, 1.165) is 37.7 Å². The van der Waals surface area contributed by atoms with Gasteiger partial charge >= 0.3 is 0 Å². The highest BCUT2D eigenvalue weighted by Crippen LogP contribution is 2.25. The third-order valence-electron chi connectivity index (χ3n) is 5.17. The molecule has 2 heterocycles. The van der Waals surface area contributed by atoms with Crippen molar-refractivity contribution in [1.82, 2.24) is 15.2 Å². The lowest BCUT2D eigenvalue weighted by Crippen LogP contribution is -2.47. The molecule has 28 heavy (non-hydrogen) atoms. The molecule has 1 aliphatic heterocycles. The maximum absolute atomic E-state index is 5.93. The van der Waals surface area contributed by atoms with E-state index in [1.807, 2.05) is 24.3 Å². The molecular weight excluding hydrogens is 372 g/mol. The minimum Gasteiger partial charge on any atom is -0.368 e. The van der Waals surface area contributed by atoms with E-state index in [1.165, 1.54) is 16.8 Å². The molecule has 7 heteroatoms. The first kappa shape index (κ1) is 18.5. The molecule has 0 atom stereocenters. The molecule has 1 N–H and O–H groups in total. The van der Waals surface area contributed by atoms with Crippen molar-refractivity contribution in [2.45, 2.75) is 13.8 Å². The highest BCUT2D eigenvalue weighted by Gasteiger charge is 2.20. The van der Waals surface area contributed by atoms with E-state index in [0.29, 0.717) is 11.0 Å². The largest absolute Gasteiger partial charge is 0.368 e. The monoisotopic (exact) mass is 394 g/mol. The van der Waals surface area contributed by atoms with Crippen molar-refractivity contribution in [3.63, 3.8) is 0 Å². The van der Waals surface area contributed by atoms with Gasteiger partial charge in [0, 0.05) is 42.6 Å².